The Hall–Kier alpha value is -3.35. The maximum Gasteiger partial charge on any atom is 0.326 e. The number of methoxy groups -OCH3 is 1. The number of carbonyl (C=O) groups excluding carboxylic acids is 1. The van der Waals surface area contributed by atoms with Gasteiger partial charge in [0.1, 0.15) is 11.6 Å². The number of hydrogen-bond donors (Lipinski definition) is 1. The molecule has 1 aliphatic heterocycles. The van der Waals surface area contributed by atoms with Gasteiger partial charge in [0, 0.05) is 24.3 Å². The molecular weight excluding hydrogens is 378 g/mol. The van der Waals surface area contributed by atoms with Crippen molar-refractivity contribution in [2.45, 2.75) is 45.7 Å². The van der Waals surface area contributed by atoms with Crippen molar-refractivity contribution in [2.24, 2.45) is 0 Å². The third-order valence-electron chi connectivity index (χ3n) is 5.39. The highest BCUT2D eigenvalue weighted by Crippen LogP contribution is 2.23. The van der Waals surface area contributed by atoms with Crippen LogP contribution in [0.2, 0.25) is 0 Å². The molecule has 0 fully saturated rings. The molecule has 1 N–H and O–H groups in total. The third kappa shape index (κ3) is 4.45. The van der Waals surface area contributed by atoms with E-state index in [2.05, 4.69) is 20.1 Å². The second-order valence-electron chi connectivity index (χ2n) is 7.58. The number of anilines is 2. The van der Waals surface area contributed by atoms with Gasteiger partial charge < -0.3 is 14.6 Å². The molecule has 0 radical (unpaired) electrons. The van der Waals surface area contributed by atoms with Crippen molar-refractivity contribution in [3.05, 3.63) is 65.7 Å². The number of ether oxygens (including phenoxy) is 1. The van der Waals surface area contributed by atoms with Crippen LogP contribution in [0.25, 0.3) is 0 Å². The van der Waals surface area contributed by atoms with Crippen LogP contribution in [0.4, 0.5) is 16.2 Å². The van der Waals surface area contributed by atoms with Gasteiger partial charge in [0.15, 0.2) is 5.82 Å². The molecule has 0 saturated carbocycles. The Morgan fingerprint density at radius 3 is 2.73 bits per heavy atom. The zero-order chi connectivity index (χ0) is 20.9. The molecule has 2 aromatic carbocycles. The summed E-state index contributed by atoms with van der Waals surface area (Å²) in [4.78, 5) is 15.0. The standard InChI is InChI=1S/C23H27N5O2/c1-17-7-6-8-19(15-17)28(23(29)24-18-10-12-20(30-2)13-11-18)16-22-26-25-21-9-4-3-5-14-27(21)22/h6-8,10-13,15H,3-5,9,14,16H2,1-2H3,(H,24,29). The van der Waals surface area contributed by atoms with Crippen LogP contribution in [-0.2, 0) is 19.5 Å². The van der Waals surface area contributed by atoms with Gasteiger partial charge in [-0.3, -0.25) is 4.90 Å². The molecule has 0 spiro atoms. The molecule has 0 atom stereocenters. The lowest BCUT2D eigenvalue weighted by molar-refractivity contribution is 0.256. The first kappa shape index (κ1) is 19.9. The van der Waals surface area contributed by atoms with Crippen LogP contribution in [0.1, 0.15) is 36.5 Å². The van der Waals surface area contributed by atoms with Gasteiger partial charge in [0.05, 0.1) is 13.7 Å². The van der Waals surface area contributed by atoms with E-state index in [4.69, 9.17) is 4.74 Å². The summed E-state index contributed by atoms with van der Waals surface area (Å²) < 4.78 is 7.37. The minimum atomic E-state index is -0.211. The molecule has 0 bridgehead atoms. The summed E-state index contributed by atoms with van der Waals surface area (Å²) in [6.45, 7) is 3.28. The van der Waals surface area contributed by atoms with Crippen molar-refractivity contribution in [1.29, 1.82) is 0 Å². The van der Waals surface area contributed by atoms with E-state index in [9.17, 15) is 4.79 Å². The lowest BCUT2D eigenvalue weighted by atomic mass is 10.2. The third-order valence-corrected chi connectivity index (χ3v) is 5.39. The average Bonchev–Trinajstić information content (AvgIpc) is 2.98. The van der Waals surface area contributed by atoms with Crippen molar-refractivity contribution in [2.75, 3.05) is 17.3 Å². The number of benzene rings is 2. The van der Waals surface area contributed by atoms with E-state index in [0.717, 1.165) is 54.5 Å². The molecule has 7 nitrogen and oxygen atoms in total. The summed E-state index contributed by atoms with van der Waals surface area (Å²) in [5.41, 5.74) is 2.63. The van der Waals surface area contributed by atoms with Crippen molar-refractivity contribution < 1.29 is 9.53 Å². The van der Waals surface area contributed by atoms with Gasteiger partial charge >= 0.3 is 6.03 Å². The van der Waals surface area contributed by atoms with Gasteiger partial charge in [-0.05, 0) is 61.7 Å². The molecule has 4 rings (SSSR count). The molecule has 7 heteroatoms. The summed E-state index contributed by atoms with van der Waals surface area (Å²) in [6, 6.07) is 15.0. The zero-order valence-corrected chi connectivity index (χ0v) is 17.5. The van der Waals surface area contributed by atoms with Crippen molar-refractivity contribution in [1.82, 2.24) is 14.8 Å². The Kier molecular flexibility index (Phi) is 5.97. The fraction of sp³-hybridized carbons (Fsp3) is 0.348. The van der Waals surface area contributed by atoms with Crippen LogP contribution in [0, 0.1) is 6.92 Å². The van der Waals surface area contributed by atoms with Gasteiger partial charge in [0.2, 0.25) is 0 Å². The average molecular weight is 406 g/mol. The number of urea groups is 1. The van der Waals surface area contributed by atoms with Crippen molar-refractivity contribution in [3.63, 3.8) is 0 Å². The number of rotatable bonds is 5. The number of hydrogen-bond acceptors (Lipinski definition) is 4. The largest absolute Gasteiger partial charge is 0.497 e. The van der Waals surface area contributed by atoms with Crippen LogP contribution < -0.4 is 15.0 Å². The van der Waals surface area contributed by atoms with E-state index in [0.29, 0.717) is 12.2 Å². The number of aromatic nitrogens is 3. The highest BCUT2D eigenvalue weighted by molar-refractivity contribution is 6.01. The SMILES string of the molecule is COc1ccc(NC(=O)N(Cc2nnc3n2CCCCC3)c2cccc(C)c2)cc1. The molecule has 0 saturated heterocycles. The predicted octanol–water partition coefficient (Wildman–Crippen LogP) is 4.56. The Bertz CT molecular complexity index is 1010. The van der Waals surface area contributed by atoms with Crippen molar-refractivity contribution in [3.8, 4) is 5.75 Å². The highest BCUT2D eigenvalue weighted by atomic mass is 16.5. The second kappa shape index (κ2) is 8.98. The van der Waals surface area contributed by atoms with Gasteiger partial charge in [-0.25, -0.2) is 4.79 Å². The molecule has 30 heavy (non-hydrogen) atoms. The molecule has 2 heterocycles. The second-order valence-corrected chi connectivity index (χ2v) is 7.58. The highest BCUT2D eigenvalue weighted by Gasteiger charge is 2.22. The number of carbonyl (C=O) groups is 1. The van der Waals surface area contributed by atoms with E-state index in [1.165, 1.54) is 6.42 Å². The summed E-state index contributed by atoms with van der Waals surface area (Å²) in [6.07, 6.45) is 4.38. The molecule has 156 valence electrons. The first-order valence-corrected chi connectivity index (χ1v) is 10.3. The lowest BCUT2D eigenvalue weighted by Gasteiger charge is -2.23. The van der Waals surface area contributed by atoms with Crippen LogP contribution in [-0.4, -0.2) is 27.9 Å². The van der Waals surface area contributed by atoms with Crippen LogP contribution >= 0.6 is 0 Å². The first-order valence-electron chi connectivity index (χ1n) is 10.3. The Labute approximate surface area is 176 Å². The summed E-state index contributed by atoms with van der Waals surface area (Å²) >= 11 is 0. The number of nitrogens with zero attached hydrogens (tertiary/aromatic N) is 4. The number of fused-ring (bicyclic) bond motifs is 1. The molecule has 1 aliphatic rings. The van der Waals surface area contributed by atoms with Crippen LogP contribution in [0.5, 0.6) is 5.75 Å². The smallest absolute Gasteiger partial charge is 0.326 e. The molecule has 2 amide bonds. The maximum absolute atomic E-state index is 13.3. The normalized spacial score (nSPS) is 13.3. The van der Waals surface area contributed by atoms with Gasteiger partial charge in [-0.2, -0.15) is 0 Å². The quantitative estimate of drug-likeness (QED) is 0.675. The molecule has 1 aromatic heterocycles. The predicted molar refractivity (Wildman–Crippen MR) is 117 cm³/mol. The molecule has 0 unspecified atom stereocenters. The lowest BCUT2D eigenvalue weighted by Crippen LogP contribution is -2.35. The minimum Gasteiger partial charge on any atom is -0.497 e. The van der Waals surface area contributed by atoms with E-state index in [-0.39, 0.29) is 6.03 Å². The maximum atomic E-state index is 13.3. The fourth-order valence-corrected chi connectivity index (χ4v) is 3.75. The molecule has 3 aromatic rings. The Balaban J connectivity index is 1.61. The number of nitrogens with one attached hydrogen (secondary N) is 1. The monoisotopic (exact) mass is 405 g/mol. The van der Waals surface area contributed by atoms with Gasteiger partial charge in [-0.1, -0.05) is 18.6 Å². The summed E-state index contributed by atoms with van der Waals surface area (Å²) in [7, 11) is 1.62. The summed E-state index contributed by atoms with van der Waals surface area (Å²) in [5.74, 6) is 2.58. The van der Waals surface area contributed by atoms with E-state index in [1.54, 1.807) is 12.0 Å². The number of amides is 2. The minimum absolute atomic E-state index is 0.211. The van der Waals surface area contributed by atoms with E-state index < -0.39 is 0 Å². The zero-order valence-electron chi connectivity index (χ0n) is 17.5. The van der Waals surface area contributed by atoms with Gasteiger partial charge in [-0.15, -0.1) is 10.2 Å². The van der Waals surface area contributed by atoms with Gasteiger partial charge in [0.25, 0.3) is 0 Å². The van der Waals surface area contributed by atoms with E-state index >= 15 is 0 Å². The topological polar surface area (TPSA) is 72.3 Å². The van der Waals surface area contributed by atoms with Crippen molar-refractivity contribution >= 4 is 17.4 Å². The Morgan fingerprint density at radius 1 is 1.13 bits per heavy atom. The fourth-order valence-electron chi connectivity index (χ4n) is 3.75. The molecular formula is C23H27N5O2. The van der Waals surface area contributed by atoms with Crippen LogP contribution in [0.15, 0.2) is 48.5 Å². The van der Waals surface area contributed by atoms with Crippen LogP contribution in [0.3, 0.4) is 0 Å². The summed E-state index contributed by atoms with van der Waals surface area (Å²) in [5, 5.41) is 11.8. The number of aryl methyl sites for hydroxylation is 2. The first-order chi connectivity index (χ1) is 14.6. The van der Waals surface area contributed by atoms with E-state index in [1.807, 2.05) is 55.5 Å². The Morgan fingerprint density at radius 2 is 1.97 bits per heavy atom. The molecule has 0 aliphatic carbocycles.